The topological polar surface area (TPSA) is 87.0 Å². The van der Waals surface area contributed by atoms with Gasteiger partial charge in [-0.05, 0) is 19.9 Å². The summed E-state index contributed by atoms with van der Waals surface area (Å²) < 4.78 is 19.0. The summed E-state index contributed by atoms with van der Waals surface area (Å²) in [5.41, 5.74) is 1.30. The molecule has 0 saturated carbocycles. The predicted octanol–water partition coefficient (Wildman–Crippen LogP) is 5.40. The van der Waals surface area contributed by atoms with Gasteiger partial charge in [0.25, 0.3) is 0 Å². The van der Waals surface area contributed by atoms with Gasteiger partial charge in [0.1, 0.15) is 23.7 Å². The number of esters is 1. The number of hydrogen-bond donors (Lipinski definition) is 1. The van der Waals surface area contributed by atoms with Crippen molar-refractivity contribution in [1.29, 1.82) is 0 Å². The van der Waals surface area contributed by atoms with Crippen molar-refractivity contribution in [3.05, 3.63) is 105 Å². The molecular formula is C29H28ClNO6. The standard InChI is InChI=1S/C29H28ClNO6/c1-5-11-29(16-32,18(2)3)17-36-26-14-25-20(12-22(26)30)23-13-24(33)21(28(34)35-4)15-31(23)27(37-25)19-9-7-6-8-10-19/h5-15,27,32H,2,16-17H2,1,3-4H3/b11-5+. The lowest BCUT2D eigenvalue weighted by Crippen LogP contribution is -2.31. The van der Waals surface area contributed by atoms with E-state index in [1.807, 2.05) is 56.3 Å². The van der Waals surface area contributed by atoms with Crippen molar-refractivity contribution in [2.45, 2.75) is 20.1 Å². The molecule has 1 N–H and O–H groups in total. The Hall–Kier alpha value is -3.81. The number of methoxy groups -OCH3 is 1. The molecule has 0 bridgehead atoms. The minimum atomic E-state index is -0.772. The molecule has 0 spiro atoms. The average molecular weight is 522 g/mol. The van der Waals surface area contributed by atoms with Crippen molar-refractivity contribution < 1.29 is 24.1 Å². The second-order valence-corrected chi connectivity index (χ2v) is 9.29. The van der Waals surface area contributed by atoms with E-state index in [4.69, 9.17) is 25.8 Å². The maximum atomic E-state index is 12.8. The van der Waals surface area contributed by atoms with Crippen LogP contribution in [0.4, 0.5) is 0 Å². The summed E-state index contributed by atoms with van der Waals surface area (Å²) in [6.45, 7) is 7.64. The molecule has 0 aliphatic carbocycles. The fourth-order valence-corrected chi connectivity index (χ4v) is 4.48. The maximum Gasteiger partial charge on any atom is 0.343 e. The Morgan fingerprint density at radius 1 is 1.27 bits per heavy atom. The Morgan fingerprint density at radius 2 is 2.00 bits per heavy atom. The van der Waals surface area contributed by atoms with Crippen LogP contribution < -0.4 is 14.9 Å². The number of ether oxygens (including phenoxy) is 3. The fourth-order valence-electron chi connectivity index (χ4n) is 4.26. The lowest BCUT2D eigenvalue weighted by atomic mass is 9.83. The third-order valence-corrected chi connectivity index (χ3v) is 6.77. The number of fused-ring (bicyclic) bond motifs is 3. The van der Waals surface area contributed by atoms with E-state index in [1.54, 1.807) is 16.7 Å². The lowest BCUT2D eigenvalue weighted by molar-refractivity contribution is 0.0597. The number of carbonyl (C=O) groups excluding carboxylic acids is 1. The van der Waals surface area contributed by atoms with E-state index < -0.39 is 23.0 Å². The number of aromatic nitrogens is 1. The second-order valence-electron chi connectivity index (χ2n) is 8.88. The summed E-state index contributed by atoms with van der Waals surface area (Å²) in [6.07, 6.45) is 4.47. The number of benzene rings is 2. The molecule has 4 rings (SSSR count). The van der Waals surface area contributed by atoms with Gasteiger partial charge in [-0.2, -0.15) is 0 Å². The minimum Gasteiger partial charge on any atom is -0.491 e. The molecule has 0 radical (unpaired) electrons. The third-order valence-electron chi connectivity index (χ3n) is 6.47. The van der Waals surface area contributed by atoms with Crippen LogP contribution in [0.3, 0.4) is 0 Å². The highest BCUT2D eigenvalue weighted by atomic mass is 35.5. The molecule has 0 saturated heterocycles. The van der Waals surface area contributed by atoms with Gasteiger partial charge in [0, 0.05) is 29.5 Å². The van der Waals surface area contributed by atoms with Gasteiger partial charge >= 0.3 is 5.97 Å². The summed E-state index contributed by atoms with van der Waals surface area (Å²) >= 11 is 6.61. The fraction of sp³-hybridized carbons (Fsp3) is 0.241. The monoisotopic (exact) mass is 521 g/mol. The number of aliphatic hydroxyl groups excluding tert-OH is 1. The number of carbonyl (C=O) groups is 1. The molecule has 8 heteroatoms. The van der Waals surface area contributed by atoms with Crippen LogP contribution in [0, 0.1) is 5.41 Å². The first-order valence-electron chi connectivity index (χ1n) is 11.7. The van der Waals surface area contributed by atoms with Crippen LogP contribution in [0.1, 0.15) is 36.0 Å². The van der Waals surface area contributed by atoms with Crippen molar-refractivity contribution >= 4 is 17.6 Å². The number of allylic oxidation sites excluding steroid dienone is 1. The summed E-state index contributed by atoms with van der Waals surface area (Å²) in [7, 11) is 1.23. The van der Waals surface area contributed by atoms with Gasteiger partial charge < -0.3 is 23.9 Å². The highest BCUT2D eigenvalue weighted by Gasteiger charge is 2.32. The molecule has 37 heavy (non-hydrogen) atoms. The molecule has 7 nitrogen and oxygen atoms in total. The van der Waals surface area contributed by atoms with Crippen molar-refractivity contribution in [3.8, 4) is 22.8 Å². The number of rotatable bonds is 8. The Balaban J connectivity index is 1.82. The van der Waals surface area contributed by atoms with Crippen LogP contribution in [-0.2, 0) is 4.74 Å². The van der Waals surface area contributed by atoms with Crippen LogP contribution in [0.5, 0.6) is 11.5 Å². The van der Waals surface area contributed by atoms with Crippen LogP contribution in [-0.4, -0.2) is 36.0 Å². The maximum absolute atomic E-state index is 12.8. The van der Waals surface area contributed by atoms with Gasteiger partial charge in [-0.15, -0.1) is 0 Å². The summed E-state index contributed by atoms with van der Waals surface area (Å²) in [5, 5.41) is 10.4. The first kappa shape index (κ1) is 26.3. The molecular weight excluding hydrogens is 494 g/mol. The van der Waals surface area contributed by atoms with Crippen LogP contribution in [0.2, 0.25) is 5.02 Å². The van der Waals surface area contributed by atoms with Crippen molar-refractivity contribution in [1.82, 2.24) is 4.57 Å². The van der Waals surface area contributed by atoms with E-state index in [9.17, 15) is 14.7 Å². The first-order chi connectivity index (χ1) is 17.7. The Labute approximate surface area is 220 Å². The van der Waals surface area contributed by atoms with E-state index in [-0.39, 0.29) is 18.8 Å². The molecule has 3 aromatic rings. The quantitative estimate of drug-likeness (QED) is 0.315. The second kappa shape index (κ2) is 10.7. The average Bonchev–Trinajstić information content (AvgIpc) is 2.90. The highest BCUT2D eigenvalue weighted by molar-refractivity contribution is 6.32. The number of nitrogens with zero attached hydrogens (tertiary/aromatic N) is 1. The Bertz CT molecular complexity index is 1430. The number of aliphatic hydroxyl groups is 1. The van der Waals surface area contributed by atoms with Crippen LogP contribution in [0.15, 0.2) is 83.8 Å². The van der Waals surface area contributed by atoms with E-state index in [2.05, 4.69) is 6.58 Å². The predicted molar refractivity (Wildman–Crippen MR) is 142 cm³/mol. The van der Waals surface area contributed by atoms with Gasteiger partial charge in [0.05, 0.1) is 29.8 Å². The smallest absolute Gasteiger partial charge is 0.343 e. The van der Waals surface area contributed by atoms with Gasteiger partial charge in [0.2, 0.25) is 6.23 Å². The molecule has 2 unspecified atom stereocenters. The lowest BCUT2D eigenvalue weighted by Gasteiger charge is -2.33. The van der Waals surface area contributed by atoms with E-state index in [0.29, 0.717) is 27.8 Å². The van der Waals surface area contributed by atoms with Crippen molar-refractivity contribution in [2.24, 2.45) is 5.41 Å². The van der Waals surface area contributed by atoms with Crippen molar-refractivity contribution in [3.63, 3.8) is 0 Å². The molecule has 0 fully saturated rings. The number of pyridine rings is 1. The van der Waals surface area contributed by atoms with E-state index >= 15 is 0 Å². The zero-order valence-corrected chi connectivity index (χ0v) is 21.6. The zero-order chi connectivity index (χ0) is 26.7. The van der Waals surface area contributed by atoms with Gasteiger partial charge in [-0.3, -0.25) is 4.79 Å². The number of hydrogen-bond acceptors (Lipinski definition) is 6. The highest BCUT2D eigenvalue weighted by Crippen LogP contribution is 2.45. The third kappa shape index (κ3) is 4.92. The SMILES string of the molecule is C=C(C)C(/C=C/C)(CO)COc1cc2c(cc1Cl)-c1cc(=O)c(C(=O)OC)cn1C(c1ccccc1)O2. The largest absolute Gasteiger partial charge is 0.491 e. The minimum absolute atomic E-state index is 0.102. The summed E-state index contributed by atoms with van der Waals surface area (Å²) in [6, 6.07) is 14.1. The van der Waals surface area contributed by atoms with E-state index in [1.165, 1.54) is 19.4 Å². The molecule has 1 aliphatic rings. The molecule has 2 atom stereocenters. The number of halogens is 1. The summed E-state index contributed by atoms with van der Waals surface area (Å²) in [5.74, 6) is 0.0814. The van der Waals surface area contributed by atoms with Crippen molar-refractivity contribution in [2.75, 3.05) is 20.3 Å². The summed E-state index contributed by atoms with van der Waals surface area (Å²) in [4.78, 5) is 25.1. The normalized spacial score (nSPS) is 15.8. The first-order valence-corrected chi connectivity index (χ1v) is 12.1. The molecule has 2 heterocycles. The van der Waals surface area contributed by atoms with Gasteiger partial charge in [-0.25, -0.2) is 4.79 Å². The van der Waals surface area contributed by atoms with Crippen LogP contribution >= 0.6 is 11.6 Å². The van der Waals surface area contributed by atoms with Gasteiger partial charge in [0.15, 0.2) is 5.43 Å². The molecule has 1 aromatic heterocycles. The van der Waals surface area contributed by atoms with E-state index in [0.717, 1.165) is 11.1 Å². The zero-order valence-electron chi connectivity index (χ0n) is 20.9. The van der Waals surface area contributed by atoms with Crippen LogP contribution in [0.25, 0.3) is 11.3 Å². The molecule has 0 amide bonds. The molecule has 2 aromatic carbocycles. The molecule has 192 valence electrons. The molecule has 1 aliphatic heterocycles. The Kier molecular flexibility index (Phi) is 7.57. The Morgan fingerprint density at radius 3 is 2.62 bits per heavy atom. The van der Waals surface area contributed by atoms with Gasteiger partial charge in [-0.1, -0.05) is 66.2 Å².